The number of halogens is 1. The predicted molar refractivity (Wildman–Crippen MR) is 121 cm³/mol. The maximum absolute atomic E-state index is 14.9. The molecule has 10 heteroatoms. The molecule has 4 heterocycles. The third kappa shape index (κ3) is 3.72. The number of H-pyrrole nitrogens is 1. The number of benzene rings is 1. The number of carbonyl (C=O) groups excluding carboxylic acids is 1. The van der Waals surface area contributed by atoms with Crippen molar-refractivity contribution in [1.29, 1.82) is 0 Å². The van der Waals surface area contributed by atoms with Gasteiger partial charge in [0.1, 0.15) is 17.2 Å². The zero-order valence-electron chi connectivity index (χ0n) is 18.2. The van der Waals surface area contributed by atoms with Crippen LogP contribution in [0.25, 0.3) is 33.7 Å². The van der Waals surface area contributed by atoms with Crippen LogP contribution < -0.4 is 5.32 Å². The van der Waals surface area contributed by atoms with Gasteiger partial charge >= 0.3 is 0 Å². The van der Waals surface area contributed by atoms with Crippen LogP contribution in [-0.4, -0.2) is 35.6 Å². The second-order valence-electron chi connectivity index (χ2n) is 8.37. The molecule has 2 N–H and O–H groups in total. The minimum Gasteiger partial charge on any atom is -0.435 e. The first-order valence-electron chi connectivity index (χ1n) is 10.9. The zero-order valence-corrected chi connectivity index (χ0v) is 18.2. The SMILES string of the molecule is Cn1cc(-c2nc3c(-c4ccc(CNC(=O)c5cnc(C6CC6)o5)c(F)c4)ccnc3[nH]2)cn1. The molecule has 5 aromatic rings. The number of oxazole rings is 1. The lowest BCUT2D eigenvalue weighted by molar-refractivity contribution is 0.0921. The molecule has 9 nitrogen and oxygen atoms in total. The Kier molecular flexibility index (Phi) is 4.72. The summed E-state index contributed by atoms with van der Waals surface area (Å²) in [5, 5.41) is 6.87. The van der Waals surface area contributed by atoms with Gasteiger partial charge in [-0.05, 0) is 30.5 Å². The van der Waals surface area contributed by atoms with E-state index in [-0.39, 0.29) is 12.3 Å². The number of carbonyl (C=O) groups is 1. The van der Waals surface area contributed by atoms with Crippen molar-refractivity contribution < 1.29 is 13.6 Å². The molecule has 34 heavy (non-hydrogen) atoms. The van der Waals surface area contributed by atoms with E-state index in [1.54, 1.807) is 35.3 Å². The predicted octanol–water partition coefficient (Wildman–Crippen LogP) is 3.96. The zero-order chi connectivity index (χ0) is 23.2. The van der Waals surface area contributed by atoms with Crippen molar-refractivity contribution in [2.45, 2.75) is 25.3 Å². The summed E-state index contributed by atoms with van der Waals surface area (Å²) in [6.07, 6.45) is 8.71. The van der Waals surface area contributed by atoms with Crippen LogP contribution in [0.4, 0.5) is 4.39 Å². The van der Waals surface area contributed by atoms with E-state index in [9.17, 15) is 9.18 Å². The molecule has 1 aromatic carbocycles. The molecule has 0 radical (unpaired) electrons. The number of nitrogens with one attached hydrogen (secondary N) is 2. The van der Waals surface area contributed by atoms with Crippen molar-refractivity contribution in [3.05, 3.63) is 72.1 Å². The van der Waals surface area contributed by atoms with Gasteiger partial charge in [-0.2, -0.15) is 5.10 Å². The number of pyridine rings is 1. The first-order valence-corrected chi connectivity index (χ1v) is 10.9. The van der Waals surface area contributed by atoms with E-state index in [1.807, 2.05) is 13.2 Å². The molecule has 4 aromatic heterocycles. The molecular weight excluding hydrogens is 437 g/mol. The van der Waals surface area contributed by atoms with Crippen LogP contribution in [0.1, 0.15) is 40.8 Å². The number of amides is 1. The number of aromatic amines is 1. The Hall–Kier alpha value is -4.34. The summed E-state index contributed by atoms with van der Waals surface area (Å²) in [5.41, 5.74) is 3.85. The highest BCUT2D eigenvalue weighted by Gasteiger charge is 2.29. The minimum absolute atomic E-state index is 0.0315. The van der Waals surface area contributed by atoms with E-state index in [0.29, 0.717) is 39.9 Å². The van der Waals surface area contributed by atoms with Crippen LogP contribution in [0, 0.1) is 5.82 Å². The highest BCUT2D eigenvalue weighted by Crippen LogP contribution is 2.39. The van der Waals surface area contributed by atoms with E-state index in [4.69, 9.17) is 4.42 Å². The molecule has 1 fully saturated rings. The minimum atomic E-state index is -0.429. The van der Waals surface area contributed by atoms with Gasteiger partial charge in [0, 0.05) is 43.0 Å². The Morgan fingerprint density at radius 1 is 1.24 bits per heavy atom. The monoisotopic (exact) mass is 457 g/mol. The van der Waals surface area contributed by atoms with Gasteiger partial charge in [-0.15, -0.1) is 0 Å². The first-order chi connectivity index (χ1) is 16.5. The van der Waals surface area contributed by atoms with Gasteiger partial charge in [0.2, 0.25) is 5.76 Å². The molecule has 0 atom stereocenters. The van der Waals surface area contributed by atoms with Crippen molar-refractivity contribution in [2.24, 2.45) is 7.05 Å². The van der Waals surface area contributed by atoms with Crippen molar-refractivity contribution in [3.63, 3.8) is 0 Å². The van der Waals surface area contributed by atoms with Crippen LogP contribution in [0.15, 0.2) is 53.5 Å². The Morgan fingerprint density at radius 3 is 2.88 bits per heavy atom. The molecule has 6 rings (SSSR count). The second-order valence-corrected chi connectivity index (χ2v) is 8.37. The van der Waals surface area contributed by atoms with Gasteiger partial charge < -0.3 is 14.7 Å². The van der Waals surface area contributed by atoms with Crippen molar-refractivity contribution in [1.82, 2.24) is 35.0 Å². The molecule has 0 bridgehead atoms. The summed E-state index contributed by atoms with van der Waals surface area (Å²) in [5.74, 6) is 0.844. The van der Waals surface area contributed by atoms with Gasteiger partial charge in [0.15, 0.2) is 11.5 Å². The van der Waals surface area contributed by atoms with E-state index < -0.39 is 11.7 Å². The van der Waals surface area contributed by atoms with Crippen LogP contribution in [0.2, 0.25) is 0 Å². The fraction of sp³-hybridized carbons (Fsp3) is 0.208. The quantitative estimate of drug-likeness (QED) is 0.399. The van der Waals surface area contributed by atoms with E-state index >= 15 is 0 Å². The fourth-order valence-electron chi connectivity index (χ4n) is 3.86. The molecule has 1 amide bonds. The van der Waals surface area contributed by atoms with Crippen LogP contribution >= 0.6 is 0 Å². The lowest BCUT2D eigenvalue weighted by atomic mass is 10.0. The van der Waals surface area contributed by atoms with Gasteiger partial charge in [0.05, 0.1) is 18.0 Å². The second kappa shape index (κ2) is 7.91. The highest BCUT2D eigenvalue weighted by atomic mass is 19.1. The van der Waals surface area contributed by atoms with E-state index in [1.165, 1.54) is 12.3 Å². The van der Waals surface area contributed by atoms with Gasteiger partial charge in [0.25, 0.3) is 5.91 Å². The number of rotatable bonds is 6. The summed E-state index contributed by atoms with van der Waals surface area (Å²) < 4.78 is 22.1. The van der Waals surface area contributed by atoms with Crippen LogP contribution in [0.3, 0.4) is 0 Å². The molecule has 1 saturated carbocycles. The highest BCUT2D eigenvalue weighted by molar-refractivity contribution is 5.92. The first kappa shape index (κ1) is 20.3. The molecule has 0 saturated heterocycles. The smallest absolute Gasteiger partial charge is 0.288 e. The van der Waals surface area contributed by atoms with Crippen molar-refractivity contribution >= 4 is 17.1 Å². The number of fused-ring (bicyclic) bond motifs is 1. The number of hydrogen-bond donors (Lipinski definition) is 2. The average Bonchev–Trinajstić information content (AvgIpc) is 3.22. The molecule has 0 aliphatic heterocycles. The number of imidazole rings is 1. The summed E-state index contributed by atoms with van der Waals surface area (Å²) in [6, 6.07) is 6.70. The Morgan fingerprint density at radius 2 is 2.12 bits per heavy atom. The molecule has 1 aliphatic carbocycles. The number of hydrogen-bond acceptors (Lipinski definition) is 6. The van der Waals surface area contributed by atoms with E-state index in [2.05, 4.69) is 30.4 Å². The lowest BCUT2D eigenvalue weighted by Gasteiger charge is -2.08. The summed E-state index contributed by atoms with van der Waals surface area (Å²) in [6.45, 7) is 0.0315. The topological polar surface area (TPSA) is 115 Å². The molecule has 1 aliphatic rings. The largest absolute Gasteiger partial charge is 0.435 e. The average molecular weight is 457 g/mol. The normalized spacial score (nSPS) is 13.5. The third-order valence-electron chi connectivity index (χ3n) is 5.84. The van der Waals surface area contributed by atoms with Crippen LogP contribution in [0.5, 0.6) is 0 Å². The van der Waals surface area contributed by atoms with Crippen LogP contribution in [-0.2, 0) is 13.6 Å². The maximum Gasteiger partial charge on any atom is 0.288 e. The number of nitrogens with zero attached hydrogens (tertiary/aromatic N) is 5. The van der Waals surface area contributed by atoms with Gasteiger partial charge in [-0.3, -0.25) is 9.48 Å². The Labute approximate surface area is 193 Å². The van der Waals surface area contributed by atoms with Crippen molar-refractivity contribution in [3.8, 4) is 22.5 Å². The summed E-state index contributed by atoms with van der Waals surface area (Å²) in [4.78, 5) is 28.7. The Bertz CT molecular complexity index is 1530. The maximum atomic E-state index is 14.9. The third-order valence-corrected chi connectivity index (χ3v) is 5.84. The molecule has 0 spiro atoms. The van der Waals surface area contributed by atoms with E-state index in [0.717, 1.165) is 24.0 Å². The van der Waals surface area contributed by atoms with Gasteiger partial charge in [-0.25, -0.2) is 19.3 Å². The van der Waals surface area contributed by atoms with Crippen molar-refractivity contribution in [2.75, 3.05) is 0 Å². The lowest BCUT2D eigenvalue weighted by Crippen LogP contribution is -2.22. The summed E-state index contributed by atoms with van der Waals surface area (Å²) in [7, 11) is 1.83. The Balaban J connectivity index is 1.22. The number of aromatic nitrogens is 6. The van der Waals surface area contributed by atoms with Gasteiger partial charge in [-0.1, -0.05) is 12.1 Å². The number of aryl methyl sites for hydroxylation is 1. The molecule has 0 unspecified atom stereocenters. The molecular formula is C24H20FN7O2. The fourth-order valence-corrected chi connectivity index (χ4v) is 3.86. The summed E-state index contributed by atoms with van der Waals surface area (Å²) >= 11 is 0. The molecule has 170 valence electrons. The standard InChI is InChI=1S/C24H20FN7O2/c1-32-12-16(10-29-32)21-30-20-17(6-7-26-22(20)31-21)14-4-5-15(18(25)8-14)9-27-23(33)19-11-28-24(34-19)13-2-3-13/h4-8,10-13H,2-3,9H2,1H3,(H,27,33)(H,26,30,31).